The third-order valence-corrected chi connectivity index (χ3v) is 5.13. The number of rotatable bonds is 5. The van der Waals surface area contributed by atoms with Gasteiger partial charge in [0, 0.05) is 31.6 Å². The van der Waals surface area contributed by atoms with Crippen molar-refractivity contribution in [2.24, 2.45) is 13.0 Å². The lowest BCUT2D eigenvalue weighted by Gasteiger charge is -2.39. The predicted octanol–water partition coefficient (Wildman–Crippen LogP) is 3.36. The van der Waals surface area contributed by atoms with E-state index in [-0.39, 0.29) is 0 Å². The van der Waals surface area contributed by atoms with Crippen molar-refractivity contribution in [3.8, 4) is 5.75 Å². The molecule has 3 rings (SSSR count). The summed E-state index contributed by atoms with van der Waals surface area (Å²) in [6, 6.07) is 8.77. The van der Waals surface area contributed by atoms with E-state index in [9.17, 15) is 0 Å². The van der Waals surface area contributed by atoms with Gasteiger partial charge in [-0.25, -0.2) is 0 Å². The van der Waals surface area contributed by atoms with Crippen molar-refractivity contribution >= 4 is 0 Å². The molecular formula is C19H28N4O. The van der Waals surface area contributed by atoms with E-state index >= 15 is 0 Å². The molecule has 2 unspecified atom stereocenters. The van der Waals surface area contributed by atoms with Crippen LogP contribution in [0, 0.1) is 5.92 Å². The lowest BCUT2D eigenvalue weighted by Crippen LogP contribution is -2.37. The number of nitrogens with zero attached hydrogens (tertiary/aromatic N) is 4. The van der Waals surface area contributed by atoms with Crippen molar-refractivity contribution in [2.75, 3.05) is 13.7 Å². The quantitative estimate of drug-likeness (QED) is 0.844. The number of ether oxygens (including phenoxy) is 1. The van der Waals surface area contributed by atoms with Crippen molar-refractivity contribution in [1.29, 1.82) is 0 Å². The number of piperidine rings is 1. The number of aromatic nitrogens is 3. The highest BCUT2D eigenvalue weighted by molar-refractivity contribution is 5.36. The largest absolute Gasteiger partial charge is 0.496 e. The molecule has 24 heavy (non-hydrogen) atoms. The molecule has 0 N–H and O–H groups in total. The normalized spacial score (nSPS) is 21.8. The Kier molecular flexibility index (Phi) is 5.19. The van der Waals surface area contributed by atoms with E-state index in [1.807, 2.05) is 6.07 Å². The second-order valence-corrected chi connectivity index (χ2v) is 6.81. The van der Waals surface area contributed by atoms with Gasteiger partial charge in [-0.05, 0) is 24.8 Å². The average molecular weight is 328 g/mol. The van der Waals surface area contributed by atoms with Crippen LogP contribution in [0.1, 0.15) is 49.9 Å². The average Bonchev–Trinajstić information content (AvgIpc) is 2.95. The van der Waals surface area contributed by atoms with Crippen LogP contribution in [0.4, 0.5) is 0 Å². The maximum absolute atomic E-state index is 5.61. The Balaban J connectivity index is 1.88. The summed E-state index contributed by atoms with van der Waals surface area (Å²) >= 11 is 0. The summed E-state index contributed by atoms with van der Waals surface area (Å²) in [5.41, 5.74) is 1.28. The van der Waals surface area contributed by atoms with E-state index in [1.165, 1.54) is 12.0 Å². The molecule has 0 amide bonds. The van der Waals surface area contributed by atoms with Crippen LogP contribution in [0.5, 0.6) is 5.75 Å². The first kappa shape index (κ1) is 17.0. The molecule has 1 aliphatic heterocycles. The molecule has 2 heterocycles. The minimum absolute atomic E-state index is 0.374. The summed E-state index contributed by atoms with van der Waals surface area (Å²) in [5.74, 6) is 3.77. The molecule has 1 saturated heterocycles. The van der Waals surface area contributed by atoms with E-state index in [0.29, 0.717) is 12.0 Å². The zero-order valence-corrected chi connectivity index (χ0v) is 15.2. The molecule has 0 bridgehead atoms. The molecular weight excluding hydrogens is 300 g/mol. The van der Waals surface area contributed by atoms with Crippen LogP contribution in [0.15, 0.2) is 24.3 Å². The maximum atomic E-state index is 5.61. The van der Waals surface area contributed by atoms with Gasteiger partial charge in [-0.15, -0.1) is 10.2 Å². The SMILES string of the molecule is CCc1nnc(CN2CC(C)CCC2c2ccccc2OC)n1C. The van der Waals surface area contributed by atoms with Crippen LogP contribution in [0.2, 0.25) is 0 Å². The molecule has 5 heteroatoms. The highest BCUT2D eigenvalue weighted by Gasteiger charge is 2.30. The molecule has 1 aromatic heterocycles. The highest BCUT2D eigenvalue weighted by atomic mass is 16.5. The van der Waals surface area contributed by atoms with Crippen LogP contribution in [0.25, 0.3) is 0 Å². The van der Waals surface area contributed by atoms with E-state index < -0.39 is 0 Å². The van der Waals surface area contributed by atoms with Crippen molar-refractivity contribution in [2.45, 2.75) is 45.7 Å². The van der Waals surface area contributed by atoms with Crippen LogP contribution in [-0.2, 0) is 20.0 Å². The number of likely N-dealkylation sites (tertiary alicyclic amines) is 1. The fraction of sp³-hybridized carbons (Fsp3) is 0.579. The Morgan fingerprint density at radius 1 is 1.17 bits per heavy atom. The van der Waals surface area contributed by atoms with E-state index in [2.05, 4.69) is 58.8 Å². The molecule has 130 valence electrons. The molecule has 0 aliphatic carbocycles. The van der Waals surface area contributed by atoms with E-state index in [0.717, 1.165) is 43.3 Å². The number of aryl methyl sites for hydroxylation is 1. The molecule has 0 radical (unpaired) electrons. The summed E-state index contributed by atoms with van der Waals surface area (Å²) in [4.78, 5) is 2.54. The predicted molar refractivity (Wildman–Crippen MR) is 94.9 cm³/mol. The standard InChI is InChI=1S/C19H28N4O/c1-5-18-20-21-19(22(18)3)13-23-12-14(2)10-11-16(23)15-8-6-7-9-17(15)24-4/h6-9,14,16H,5,10-13H2,1-4H3. The number of hydrogen-bond donors (Lipinski definition) is 0. The summed E-state index contributed by atoms with van der Waals surface area (Å²) in [6.45, 7) is 6.36. The summed E-state index contributed by atoms with van der Waals surface area (Å²) in [7, 11) is 3.82. The second kappa shape index (κ2) is 7.34. The Morgan fingerprint density at radius 2 is 1.92 bits per heavy atom. The van der Waals surface area contributed by atoms with Crippen LogP contribution in [0.3, 0.4) is 0 Å². The van der Waals surface area contributed by atoms with Gasteiger partial charge in [-0.3, -0.25) is 4.90 Å². The molecule has 0 spiro atoms. The number of methoxy groups -OCH3 is 1. The van der Waals surface area contributed by atoms with E-state index in [4.69, 9.17) is 4.74 Å². The first-order chi connectivity index (χ1) is 11.6. The molecule has 0 saturated carbocycles. The molecule has 5 nitrogen and oxygen atoms in total. The van der Waals surface area contributed by atoms with Gasteiger partial charge in [-0.2, -0.15) is 0 Å². The third kappa shape index (κ3) is 3.31. The van der Waals surface area contributed by atoms with Crippen LogP contribution >= 0.6 is 0 Å². The molecule has 2 aromatic rings. The minimum atomic E-state index is 0.374. The fourth-order valence-electron chi connectivity index (χ4n) is 3.74. The highest BCUT2D eigenvalue weighted by Crippen LogP contribution is 2.38. The molecule has 2 atom stereocenters. The molecule has 1 fully saturated rings. The fourth-order valence-corrected chi connectivity index (χ4v) is 3.74. The zero-order chi connectivity index (χ0) is 17.1. The lowest BCUT2D eigenvalue weighted by molar-refractivity contribution is 0.100. The maximum Gasteiger partial charge on any atom is 0.146 e. The molecule has 1 aliphatic rings. The van der Waals surface area contributed by atoms with Crippen molar-refractivity contribution in [3.05, 3.63) is 41.5 Å². The second-order valence-electron chi connectivity index (χ2n) is 6.81. The Bertz CT molecular complexity index is 682. The Labute approximate surface area is 144 Å². The van der Waals surface area contributed by atoms with Crippen molar-refractivity contribution in [1.82, 2.24) is 19.7 Å². The van der Waals surface area contributed by atoms with Gasteiger partial charge in [0.2, 0.25) is 0 Å². The summed E-state index contributed by atoms with van der Waals surface area (Å²) < 4.78 is 7.75. The van der Waals surface area contributed by atoms with Crippen molar-refractivity contribution < 1.29 is 4.74 Å². The van der Waals surface area contributed by atoms with Gasteiger partial charge in [0.05, 0.1) is 13.7 Å². The van der Waals surface area contributed by atoms with Gasteiger partial charge in [0.1, 0.15) is 17.4 Å². The first-order valence-corrected chi connectivity index (χ1v) is 8.88. The van der Waals surface area contributed by atoms with Gasteiger partial charge < -0.3 is 9.30 Å². The van der Waals surface area contributed by atoms with Gasteiger partial charge >= 0.3 is 0 Å². The number of hydrogen-bond acceptors (Lipinski definition) is 4. The van der Waals surface area contributed by atoms with Gasteiger partial charge in [-0.1, -0.05) is 32.0 Å². The smallest absolute Gasteiger partial charge is 0.146 e. The topological polar surface area (TPSA) is 43.2 Å². The third-order valence-electron chi connectivity index (χ3n) is 5.13. The minimum Gasteiger partial charge on any atom is -0.496 e. The monoisotopic (exact) mass is 328 g/mol. The lowest BCUT2D eigenvalue weighted by atomic mass is 9.89. The van der Waals surface area contributed by atoms with Gasteiger partial charge in [0.25, 0.3) is 0 Å². The van der Waals surface area contributed by atoms with Crippen LogP contribution in [-0.4, -0.2) is 33.3 Å². The zero-order valence-electron chi connectivity index (χ0n) is 15.2. The number of benzene rings is 1. The Hall–Kier alpha value is -1.88. The van der Waals surface area contributed by atoms with Crippen LogP contribution < -0.4 is 4.74 Å². The summed E-state index contributed by atoms with van der Waals surface area (Å²) in [5, 5.41) is 8.73. The molecule has 1 aromatic carbocycles. The van der Waals surface area contributed by atoms with Gasteiger partial charge in [0.15, 0.2) is 0 Å². The van der Waals surface area contributed by atoms with Crippen molar-refractivity contribution in [3.63, 3.8) is 0 Å². The Morgan fingerprint density at radius 3 is 2.62 bits per heavy atom. The summed E-state index contributed by atoms with van der Waals surface area (Å²) in [6.07, 6.45) is 3.31. The number of para-hydroxylation sites is 1. The van der Waals surface area contributed by atoms with E-state index in [1.54, 1.807) is 7.11 Å². The first-order valence-electron chi connectivity index (χ1n) is 8.88.